The fourth-order valence-corrected chi connectivity index (χ4v) is 1.88. The Morgan fingerprint density at radius 2 is 2.00 bits per heavy atom. The summed E-state index contributed by atoms with van der Waals surface area (Å²) in [6, 6.07) is 4.96. The molecule has 0 heterocycles. The van der Waals surface area contributed by atoms with Gasteiger partial charge in [-0.05, 0) is 24.1 Å². The highest BCUT2D eigenvalue weighted by Gasteiger charge is 2.20. The molecule has 1 rings (SSSR count). The molecule has 0 saturated carbocycles. The maximum Gasteiger partial charge on any atom is 0.328 e. The number of rotatable bonds is 5. The summed E-state index contributed by atoms with van der Waals surface area (Å²) >= 11 is 0. The summed E-state index contributed by atoms with van der Waals surface area (Å²) in [7, 11) is 2.91. The molecule has 0 aliphatic carbocycles. The molecule has 1 N–H and O–H groups in total. The van der Waals surface area contributed by atoms with Gasteiger partial charge in [0.1, 0.15) is 11.8 Å². The highest BCUT2D eigenvalue weighted by atomic mass is 16.5. The van der Waals surface area contributed by atoms with E-state index in [4.69, 9.17) is 4.74 Å². The lowest BCUT2D eigenvalue weighted by molar-refractivity contribution is -0.144. The van der Waals surface area contributed by atoms with Crippen molar-refractivity contribution in [3.63, 3.8) is 0 Å². The summed E-state index contributed by atoms with van der Waals surface area (Å²) in [4.78, 5) is 22.7. The third kappa shape index (κ3) is 4.28. The minimum Gasteiger partial charge on any atom is -0.496 e. The van der Waals surface area contributed by atoms with Gasteiger partial charge >= 0.3 is 5.97 Å². The summed E-state index contributed by atoms with van der Waals surface area (Å²) in [5.41, 5.74) is 1.91. The van der Waals surface area contributed by atoms with Gasteiger partial charge in [0.05, 0.1) is 14.2 Å². The van der Waals surface area contributed by atoms with Gasteiger partial charge in [0.15, 0.2) is 0 Å². The minimum absolute atomic E-state index is 0.263. The second-order valence-electron chi connectivity index (χ2n) is 4.28. The van der Waals surface area contributed by atoms with Crippen LogP contribution in [0.3, 0.4) is 0 Å². The van der Waals surface area contributed by atoms with Gasteiger partial charge in [0, 0.05) is 13.3 Å². The lowest BCUT2D eigenvalue weighted by Gasteiger charge is -2.16. The molecule has 0 radical (unpaired) electrons. The van der Waals surface area contributed by atoms with Crippen molar-refractivity contribution >= 4 is 11.9 Å². The molecule has 0 spiro atoms. The minimum atomic E-state index is -0.671. The first-order valence-electron chi connectivity index (χ1n) is 5.96. The summed E-state index contributed by atoms with van der Waals surface area (Å²) in [6.07, 6.45) is 0.386. The van der Waals surface area contributed by atoms with Gasteiger partial charge in [-0.15, -0.1) is 0 Å². The van der Waals surface area contributed by atoms with Gasteiger partial charge in [0.2, 0.25) is 5.91 Å². The molecule has 1 unspecified atom stereocenters. The van der Waals surface area contributed by atoms with Gasteiger partial charge in [0.25, 0.3) is 0 Å². The molecule has 19 heavy (non-hydrogen) atoms. The Hall–Kier alpha value is -2.04. The number of ether oxygens (including phenoxy) is 2. The number of amides is 1. The van der Waals surface area contributed by atoms with Crippen molar-refractivity contribution in [2.45, 2.75) is 26.3 Å². The lowest BCUT2D eigenvalue weighted by atomic mass is 10.0. The largest absolute Gasteiger partial charge is 0.496 e. The van der Waals surface area contributed by atoms with Crippen molar-refractivity contribution in [2.24, 2.45) is 0 Å². The third-order valence-electron chi connectivity index (χ3n) is 2.76. The number of nitrogens with one attached hydrogen (secondary N) is 1. The zero-order valence-electron chi connectivity index (χ0n) is 11.6. The van der Waals surface area contributed by atoms with E-state index in [0.29, 0.717) is 6.42 Å². The van der Waals surface area contributed by atoms with Crippen LogP contribution in [-0.4, -0.2) is 32.1 Å². The van der Waals surface area contributed by atoms with E-state index in [9.17, 15) is 9.59 Å². The summed E-state index contributed by atoms with van der Waals surface area (Å²) in [5.74, 6) is 0.0715. The molecule has 0 saturated heterocycles. The number of aryl methyl sites for hydroxylation is 1. The Balaban J connectivity index is 2.86. The number of methoxy groups -OCH3 is 2. The van der Waals surface area contributed by atoms with Crippen LogP contribution in [0.1, 0.15) is 18.1 Å². The molecule has 0 aliphatic heterocycles. The van der Waals surface area contributed by atoms with E-state index in [-0.39, 0.29) is 5.91 Å². The second-order valence-corrected chi connectivity index (χ2v) is 4.28. The van der Waals surface area contributed by atoms with Crippen molar-refractivity contribution in [3.8, 4) is 5.75 Å². The Bertz CT molecular complexity index is 471. The number of hydrogen-bond donors (Lipinski definition) is 1. The fraction of sp³-hybridized carbons (Fsp3) is 0.429. The number of carbonyl (C=O) groups is 2. The van der Waals surface area contributed by atoms with Crippen LogP contribution in [0.15, 0.2) is 18.2 Å². The Kier molecular flexibility index (Phi) is 5.36. The highest BCUT2D eigenvalue weighted by molar-refractivity contribution is 5.83. The smallest absolute Gasteiger partial charge is 0.328 e. The van der Waals surface area contributed by atoms with E-state index in [1.807, 2.05) is 25.1 Å². The number of benzene rings is 1. The van der Waals surface area contributed by atoms with E-state index in [1.54, 1.807) is 7.11 Å². The predicted molar refractivity (Wildman–Crippen MR) is 71.1 cm³/mol. The maximum absolute atomic E-state index is 11.6. The molecular weight excluding hydrogens is 246 g/mol. The first-order valence-corrected chi connectivity index (χ1v) is 5.96. The van der Waals surface area contributed by atoms with Crippen LogP contribution in [0.2, 0.25) is 0 Å². The molecule has 0 aromatic heterocycles. The SMILES string of the molecule is COC(=O)C(Cc1ccc(OC)c(C)c1)NC(C)=O. The molecule has 1 aromatic carbocycles. The molecular formula is C14H19NO4. The first-order chi connectivity index (χ1) is 8.97. The number of carbonyl (C=O) groups excluding carboxylic acids is 2. The normalized spacial score (nSPS) is 11.6. The van der Waals surface area contributed by atoms with Gasteiger partial charge < -0.3 is 14.8 Å². The Morgan fingerprint density at radius 3 is 2.47 bits per heavy atom. The van der Waals surface area contributed by atoms with E-state index < -0.39 is 12.0 Å². The van der Waals surface area contributed by atoms with Crippen LogP contribution in [-0.2, 0) is 20.7 Å². The van der Waals surface area contributed by atoms with Crippen LogP contribution in [0.4, 0.5) is 0 Å². The quantitative estimate of drug-likeness (QED) is 0.813. The van der Waals surface area contributed by atoms with Crippen molar-refractivity contribution in [3.05, 3.63) is 29.3 Å². The van der Waals surface area contributed by atoms with Crippen molar-refractivity contribution in [2.75, 3.05) is 14.2 Å². The molecule has 0 aliphatic rings. The standard InChI is InChI=1S/C14H19NO4/c1-9-7-11(5-6-13(9)18-3)8-12(14(17)19-4)15-10(2)16/h5-7,12H,8H2,1-4H3,(H,15,16). The number of hydrogen-bond acceptors (Lipinski definition) is 4. The second kappa shape index (κ2) is 6.78. The lowest BCUT2D eigenvalue weighted by Crippen LogP contribution is -2.41. The molecule has 0 bridgehead atoms. The van der Waals surface area contributed by atoms with E-state index in [2.05, 4.69) is 10.1 Å². The van der Waals surface area contributed by atoms with Crippen LogP contribution in [0, 0.1) is 6.92 Å². The van der Waals surface area contributed by atoms with E-state index in [1.165, 1.54) is 14.0 Å². The third-order valence-corrected chi connectivity index (χ3v) is 2.76. The van der Waals surface area contributed by atoms with Crippen molar-refractivity contribution < 1.29 is 19.1 Å². The van der Waals surface area contributed by atoms with Crippen LogP contribution in [0.5, 0.6) is 5.75 Å². The molecule has 5 nitrogen and oxygen atoms in total. The van der Waals surface area contributed by atoms with E-state index >= 15 is 0 Å². The van der Waals surface area contributed by atoms with E-state index in [0.717, 1.165) is 16.9 Å². The highest BCUT2D eigenvalue weighted by Crippen LogP contribution is 2.19. The predicted octanol–water partition coefficient (Wildman–Crippen LogP) is 1.22. The van der Waals surface area contributed by atoms with Crippen LogP contribution in [0.25, 0.3) is 0 Å². The average Bonchev–Trinajstić information content (AvgIpc) is 2.36. The molecule has 1 amide bonds. The zero-order chi connectivity index (χ0) is 14.4. The van der Waals surface area contributed by atoms with Crippen molar-refractivity contribution in [1.82, 2.24) is 5.32 Å². The average molecular weight is 265 g/mol. The summed E-state index contributed by atoms with van der Waals surface area (Å²) < 4.78 is 9.86. The molecule has 104 valence electrons. The van der Waals surface area contributed by atoms with Gasteiger partial charge in [-0.2, -0.15) is 0 Å². The van der Waals surface area contributed by atoms with Crippen molar-refractivity contribution in [1.29, 1.82) is 0 Å². The first kappa shape index (κ1) is 15.0. The summed E-state index contributed by atoms with van der Waals surface area (Å²) in [6.45, 7) is 3.29. The molecule has 5 heteroatoms. The zero-order valence-corrected chi connectivity index (χ0v) is 11.6. The van der Waals surface area contributed by atoms with Crippen LogP contribution < -0.4 is 10.1 Å². The molecule has 0 fully saturated rings. The Labute approximate surface area is 112 Å². The topological polar surface area (TPSA) is 64.6 Å². The maximum atomic E-state index is 11.6. The molecule has 1 atom stereocenters. The monoisotopic (exact) mass is 265 g/mol. The van der Waals surface area contributed by atoms with Gasteiger partial charge in [-0.25, -0.2) is 4.79 Å². The van der Waals surface area contributed by atoms with Gasteiger partial charge in [-0.3, -0.25) is 4.79 Å². The molecule has 1 aromatic rings. The fourth-order valence-electron chi connectivity index (χ4n) is 1.88. The number of esters is 1. The van der Waals surface area contributed by atoms with Gasteiger partial charge in [-0.1, -0.05) is 12.1 Å². The Morgan fingerprint density at radius 1 is 1.32 bits per heavy atom. The van der Waals surface area contributed by atoms with Crippen LogP contribution >= 0.6 is 0 Å². The summed E-state index contributed by atoms with van der Waals surface area (Å²) in [5, 5.41) is 2.58.